The van der Waals surface area contributed by atoms with E-state index in [0.717, 1.165) is 60.7 Å². The Morgan fingerprint density at radius 3 is 0.943 bits per heavy atom. The van der Waals surface area contributed by atoms with Gasteiger partial charge < -0.3 is 0 Å². The molecule has 0 amide bonds. The normalized spacial score (nSPS) is 10.9. The van der Waals surface area contributed by atoms with E-state index in [4.69, 9.17) is 34.8 Å². The fourth-order valence-corrected chi connectivity index (χ4v) is 10.8. The van der Waals surface area contributed by atoms with Crippen LogP contribution in [0, 0.1) is 0 Å². The van der Waals surface area contributed by atoms with Gasteiger partial charge in [-0.3, -0.25) is 0 Å². The molecule has 0 aliphatic rings. The van der Waals surface area contributed by atoms with E-state index in [-0.39, 0.29) is 15.9 Å². The van der Waals surface area contributed by atoms with Gasteiger partial charge in [-0.2, -0.15) is 29.9 Å². The van der Waals surface area contributed by atoms with Crippen molar-refractivity contribution in [3.05, 3.63) is 307 Å². The number of hydrogen-bond donors (Lipinski definition) is 0. The number of aromatic nitrogens is 9. The number of halogens is 3. The van der Waals surface area contributed by atoms with Gasteiger partial charge in [-0.25, -0.2) is 15.0 Å². The first-order valence-corrected chi connectivity index (χ1v) is 29.1. The van der Waals surface area contributed by atoms with E-state index in [9.17, 15) is 0 Å². The minimum Gasteiger partial charge on any atom is -0.208 e. The third kappa shape index (κ3) is 12.9. The standard InChI is InChI=1S/C33H22ClN3.C23H14ClN3.C19H12ClN3/c34-33-36-31(26-14-8-3-9-15-26)35-32(37-33)27-18-16-25(17-19-27)30-21-28(23-10-4-1-5-11-23)20-29(22-30)24-12-6-2-7-13-24;24-23-26-21(16-7-2-1-3-8-16)25-22(27-23)18-12-13-20-17(14-18)11-10-15-6-4-5-9-19(15)20;20-19-22-17(14-8-2-1-3-9-14)21-18(23-19)16-12-6-10-13-7-4-5-11-15(13)16/h1-22H;1-14H;1-12H. The van der Waals surface area contributed by atoms with Crippen LogP contribution in [0.1, 0.15) is 0 Å². The Balaban J connectivity index is 0.000000125. The predicted molar refractivity (Wildman–Crippen MR) is 356 cm³/mol. The van der Waals surface area contributed by atoms with Crippen molar-refractivity contribution >= 4 is 67.1 Å². The number of benzene rings is 12. The molecule has 0 fully saturated rings. The average Bonchev–Trinajstić information content (AvgIpc) is 2.01. The zero-order chi connectivity index (χ0) is 58.9. The van der Waals surface area contributed by atoms with Gasteiger partial charge in [0.15, 0.2) is 34.9 Å². The van der Waals surface area contributed by atoms with Crippen LogP contribution < -0.4 is 0 Å². The third-order valence-electron chi connectivity index (χ3n) is 14.6. The summed E-state index contributed by atoms with van der Waals surface area (Å²) in [6, 6.07) is 98.4. The molecule has 0 radical (unpaired) electrons. The minimum atomic E-state index is 0.177. The molecule has 12 aromatic carbocycles. The average molecular weight is 1180 g/mol. The zero-order valence-corrected chi connectivity index (χ0v) is 48.6. The summed E-state index contributed by atoms with van der Waals surface area (Å²) >= 11 is 18.6. The highest BCUT2D eigenvalue weighted by atomic mass is 35.5. The van der Waals surface area contributed by atoms with Crippen LogP contribution in [-0.4, -0.2) is 44.9 Å². The highest BCUT2D eigenvalue weighted by molar-refractivity contribution is 6.29. The summed E-state index contributed by atoms with van der Waals surface area (Å²) in [5, 5.41) is 7.62. The summed E-state index contributed by atoms with van der Waals surface area (Å²) in [5.74, 6) is 3.42. The topological polar surface area (TPSA) is 116 Å². The van der Waals surface area contributed by atoms with Crippen molar-refractivity contribution < 1.29 is 0 Å². The fourth-order valence-electron chi connectivity index (χ4n) is 10.4. The van der Waals surface area contributed by atoms with Gasteiger partial charge in [0.2, 0.25) is 15.9 Å². The van der Waals surface area contributed by atoms with Gasteiger partial charge in [-0.15, -0.1) is 0 Å². The Labute approximate surface area is 517 Å². The molecule has 15 aromatic rings. The van der Waals surface area contributed by atoms with Crippen molar-refractivity contribution in [3.8, 4) is 102 Å². The molecule has 12 heteroatoms. The van der Waals surface area contributed by atoms with Gasteiger partial charge >= 0.3 is 0 Å². The maximum Gasteiger partial charge on any atom is 0.226 e. The summed E-state index contributed by atoms with van der Waals surface area (Å²) in [5.41, 5.74) is 12.5. The quantitative estimate of drug-likeness (QED) is 0.130. The minimum absolute atomic E-state index is 0.177. The van der Waals surface area contributed by atoms with Crippen LogP contribution in [0.15, 0.2) is 291 Å². The third-order valence-corrected chi connectivity index (χ3v) is 15.1. The first-order valence-electron chi connectivity index (χ1n) is 28.0. The van der Waals surface area contributed by atoms with E-state index in [1.54, 1.807) is 0 Å². The lowest BCUT2D eigenvalue weighted by molar-refractivity contribution is 1.07. The number of hydrogen-bond acceptors (Lipinski definition) is 9. The zero-order valence-electron chi connectivity index (χ0n) is 46.4. The second-order valence-corrected chi connectivity index (χ2v) is 21.2. The van der Waals surface area contributed by atoms with Crippen molar-refractivity contribution in [2.24, 2.45) is 0 Å². The first-order chi connectivity index (χ1) is 42.8. The molecule has 9 nitrogen and oxygen atoms in total. The van der Waals surface area contributed by atoms with Crippen molar-refractivity contribution in [2.45, 2.75) is 0 Å². The maximum absolute atomic E-state index is 6.27. The predicted octanol–water partition coefficient (Wildman–Crippen LogP) is 20.0. The summed E-state index contributed by atoms with van der Waals surface area (Å²) < 4.78 is 0. The van der Waals surface area contributed by atoms with Gasteiger partial charge in [0.05, 0.1) is 0 Å². The van der Waals surface area contributed by atoms with Crippen LogP contribution in [-0.2, 0) is 0 Å². The molecule has 414 valence electrons. The monoisotopic (exact) mass is 1180 g/mol. The Kier molecular flexibility index (Phi) is 16.4. The molecule has 0 saturated carbocycles. The van der Waals surface area contributed by atoms with Crippen LogP contribution in [0.25, 0.3) is 134 Å². The van der Waals surface area contributed by atoms with E-state index < -0.39 is 0 Å². The van der Waals surface area contributed by atoms with Crippen molar-refractivity contribution in [2.75, 3.05) is 0 Å². The molecule has 0 aliphatic heterocycles. The molecule has 0 saturated heterocycles. The molecule has 0 N–H and O–H groups in total. The van der Waals surface area contributed by atoms with Crippen molar-refractivity contribution in [1.82, 2.24) is 44.9 Å². The Bertz CT molecular complexity index is 4830. The highest BCUT2D eigenvalue weighted by Gasteiger charge is 2.15. The van der Waals surface area contributed by atoms with Gasteiger partial charge in [0.25, 0.3) is 0 Å². The molecule has 0 bridgehead atoms. The Morgan fingerprint density at radius 1 is 0.172 bits per heavy atom. The highest BCUT2D eigenvalue weighted by Crippen LogP contribution is 2.35. The van der Waals surface area contributed by atoms with Crippen LogP contribution >= 0.6 is 34.8 Å². The number of nitrogens with zero attached hydrogens (tertiary/aromatic N) is 9. The molecule has 3 heterocycles. The molecular weight excluding hydrogens is 1130 g/mol. The Morgan fingerprint density at radius 2 is 0.471 bits per heavy atom. The van der Waals surface area contributed by atoms with E-state index in [1.165, 1.54) is 38.4 Å². The smallest absolute Gasteiger partial charge is 0.208 e. The molecule has 0 atom stereocenters. The van der Waals surface area contributed by atoms with Crippen LogP contribution in [0.2, 0.25) is 15.9 Å². The second kappa shape index (κ2) is 25.7. The van der Waals surface area contributed by atoms with Crippen LogP contribution in [0.4, 0.5) is 0 Å². The van der Waals surface area contributed by atoms with E-state index in [1.807, 2.05) is 146 Å². The van der Waals surface area contributed by atoms with Crippen molar-refractivity contribution in [1.29, 1.82) is 0 Å². The van der Waals surface area contributed by atoms with E-state index in [2.05, 4.69) is 190 Å². The number of rotatable bonds is 9. The van der Waals surface area contributed by atoms with Crippen LogP contribution in [0.5, 0.6) is 0 Å². The lowest BCUT2D eigenvalue weighted by Gasteiger charge is -2.12. The molecule has 0 aliphatic carbocycles. The Hall–Kier alpha value is -10.7. The largest absolute Gasteiger partial charge is 0.226 e. The van der Waals surface area contributed by atoms with Crippen LogP contribution in [0.3, 0.4) is 0 Å². The molecule has 0 unspecified atom stereocenters. The van der Waals surface area contributed by atoms with Gasteiger partial charge in [-0.05, 0) is 125 Å². The molecule has 87 heavy (non-hydrogen) atoms. The maximum atomic E-state index is 6.27. The molecule has 15 rings (SSSR count). The summed E-state index contributed by atoms with van der Waals surface area (Å²) in [6.07, 6.45) is 0. The van der Waals surface area contributed by atoms with Gasteiger partial charge in [0, 0.05) is 33.4 Å². The lowest BCUT2D eigenvalue weighted by atomic mass is 9.93. The van der Waals surface area contributed by atoms with Gasteiger partial charge in [-0.1, -0.05) is 267 Å². The number of fused-ring (bicyclic) bond motifs is 4. The summed E-state index contributed by atoms with van der Waals surface area (Å²) in [6.45, 7) is 0. The summed E-state index contributed by atoms with van der Waals surface area (Å²) in [7, 11) is 0. The molecular formula is C75H48Cl3N9. The summed E-state index contributed by atoms with van der Waals surface area (Å²) in [4.78, 5) is 39.8. The van der Waals surface area contributed by atoms with E-state index >= 15 is 0 Å². The second-order valence-electron chi connectivity index (χ2n) is 20.2. The van der Waals surface area contributed by atoms with E-state index in [0.29, 0.717) is 34.9 Å². The molecule has 3 aromatic heterocycles. The lowest BCUT2D eigenvalue weighted by Crippen LogP contribution is -1.97. The first kappa shape index (κ1) is 55.5. The SMILES string of the molecule is Clc1nc(-c2ccccc2)nc(-c2ccc(-c3cc(-c4ccccc4)cc(-c4ccccc4)c3)cc2)n1.Clc1nc(-c2ccccc2)nc(-c2ccc3c(ccc4ccccc43)c2)n1.Clc1nc(-c2ccccc2)nc(-c2cccc3ccccc23)n1. The van der Waals surface area contributed by atoms with Gasteiger partial charge in [0.1, 0.15) is 0 Å². The fraction of sp³-hybridized carbons (Fsp3) is 0. The molecule has 0 spiro atoms. The van der Waals surface area contributed by atoms with Crippen molar-refractivity contribution in [3.63, 3.8) is 0 Å².